The first-order valence-corrected chi connectivity index (χ1v) is 6.40. The zero-order valence-corrected chi connectivity index (χ0v) is 10.9. The van der Waals surface area contributed by atoms with Crippen molar-refractivity contribution in [3.63, 3.8) is 0 Å². The fourth-order valence-electron chi connectivity index (χ4n) is 2.05. The van der Waals surface area contributed by atoms with E-state index in [1.165, 1.54) is 0 Å². The minimum Gasteiger partial charge on any atom is -0.341 e. The maximum absolute atomic E-state index is 6.18. The Bertz CT molecular complexity index is 693. The third kappa shape index (κ3) is 2.59. The van der Waals surface area contributed by atoms with E-state index in [9.17, 15) is 0 Å². The number of hydrogen-bond acceptors (Lipinski definition) is 3. The molecular formula is C14H13ClN4. The Balaban J connectivity index is 1.87. The van der Waals surface area contributed by atoms with Crippen molar-refractivity contribution in [1.29, 1.82) is 0 Å². The number of aromatic amines is 1. The molecule has 19 heavy (non-hydrogen) atoms. The van der Waals surface area contributed by atoms with E-state index in [0.29, 0.717) is 5.02 Å². The smallest absolute Gasteiger partial charge is 0.124 e. The molecule has 2 aromatic heterocycles. The Morgan fingerprint density at radius 2 is 2.00 bits per heavy atom. The molecule has 0 bridgehead atoms. The maximum atomic E-state index is 6.18. The van der Waals surface area contributed by atoms with Crippen LogP contribution in [0.4, 0.5) is 0 Å². The lowest BCUT2D eigenvalue weighted by Gasteiger charge is -2.08. The Kier molecular flexibility index (Phi) is 3.19. The Hall–Kier alpha value is -1.91. The van der Waals surface area contributed by atoms with Crippen LogP contribution in [0.2, 0.25) is 5.02 Å². The van der Waals surface area contributed by atoms with Gasteiger partial charge in [0.1, 0.15) is 5.82 Å². The summed E-state index contributed by atoms with van der Waals surface area (Å²) < 4.78 is 0. The average molecular weight is 273 g/mol. The molecule has 3 rings (SSSR count). The molecule has 4 nitrogen and oxygen atoms in total. The molecule has 0 radical (unpaired) electrons. The third-order valence-corrected chi connectivity index (χ3v) is 3.25. The van der Waals surface area contributed by atoms with Crippen LogP contribution in [0.3, 0.4) is 0 Å². The van der Waals surface area contributed by atoms with Gasteiger partial charge in [-0.3, -0.25) is 4.98 Å². The van der Waals surface area contributed by atoms with Gasteiger partial charge in [0, 0.05) is 17.4 Å². The summed E-state index contributed by atoms with van der Waals surface area (Å²) in [4.78, 5) is 11.7. The van der Waals surface area contributed by atoms with E-state index in [1.807, 2.05) is 30.3 Å². The van der Waals surface area contributed by atoms with Gasteiger partial charge < -0.3 is 10.7 Å². The zero-order valence-electron chi connectivity index (χ0n) is 10.2. The molecule has 1 unspecified atom stereocenters. The second kappa shape index (κ2) is 4.99. The molecule has 5 heteroatoms. The van der Waals surface area contributed by atoms with Gasteiger partial charge >= 0.3 is 0 Å². The number of pyridine rings is 1. The standard InChI is InChI=1S/C14H13ClN4/c15-10-1-2-12-13(8-10)19-14(18-12)11(16)7-9-3-5-17-6-4-9/h1-6,8,11H,7,16H2,(H,18,19). The molecule has 1 atom stereocenters. The van der Waals surface area contributed by atoms with Crippen molar-refractivity contribution in [3.05, 3.63) is 59.1 Å². The van der Waals surface area contributed by atoms with E-state index in [1.54, 1.807) is 12.4 Å². The molecule has 0 aliphatic rings. The van der Waals surface area contributed by atoms with Gasteiger partial charge in [-0.15, -0.1) is 0 Å². The van der Waals surface area contributed by atoms with Crippen LogP contribution in [-0.2, 0) is 6.42 Å². The number of imidazole rings is 1. The summed E-state index contributed by atoms with van der Waals surface area (Å²) in [7, 11) is 0. The highest BCUT2D eigenvalue weighted by Gasteiger charge is 2.12. The Morgan fingerprint density at radius 1 is 1.21 bits per heavy atom. The molecule has 0 saturated carbocycles. The van der Waals surface area contributed by atoms with Crippen LogP contribution in [-0.4, -0.2) is 15.0 Å². The molecule has 0 amide bonds. The van der Waals surface area contributed by atoms with Crippen molar-refractivity contribution in [2.24, 2.45) is 5.73 Å². The minimum atomic E-state index is -0.173. The lowest BCUT2D eigenvalue weighted by atomic mass is 10.1. The highest BCUT2D eigenvalue weighted by Crippen LogP contribution is 2.20. The van der Waals surface area contributed by atoms with Crippen LogP contribution in [0.15, 0.2) is 42.7 Å². The van der Waals surface area contributed by atoms with Gasteiger partial charge in [-0.05, 0) is 42.3 Å². The van der Waals surface area contributed by atoms with Crippen molar-refractivity contribution < 1.29 is 0 Å². The van der Waals surface area contributed by atoms with Gasteiger partial charge in [0.05, 0.1) is 17.1 Å². The van der Waals surface area contributed by atoms with Crippen LogP contribution in [0.5, 0.6) is 0 Å². The van der Waals surface area contributed by atoms with Gasteiger partial charge in [0.15, 0.2) is 0 Å². The second-order valence-corrected chi connectivity index (χ2v) is 4.89. The predicted octanol–water partition coefficient (Wildman–Crippen LogP) is 2.85. The van der Waals surface area contributed by atoms with E-state index in [-0.39, 0.29) is 6.04 Å². The summed E-state index contributed by atoms with van der Waals surface area (Å²) in [5, 5.41) is 0.686. The molecule has 3 aromatic rings. The van der Waals surface area contributed by atoms with E-state index >= 15 is 0 Å². The average Bonchev–Trinajstić information content (AvgIpc) is 2.83. The number of aromatic nitrogens is 3. The van der Waals surface area contributed by atoms with Crippen LogP contribution >= 0.6 is 11.6 Å². The molecule has 2 heterocycles. The van der Waals surface area contributed by atoms with Crippen molar-refractivity contribution in [2.45, 2.75) is 12.5 Å². The number of nitrogens with zero attached hydrogens (tertiary/aromatic N) is 2. The normalized spacial score (nSPS) is 12.7. The molecule has 96 valence electrons. The maximum Gasteiger partial charge on any atom is 0.124 e. The first-order chi connectivity index (χ1) is 9.22. The van der Waals surface area contributed by atoms with Crippen LogP contribution in [0.25, 0.3) is 11.0 Å². The number of fused-ring (bicyclic) bond motifs is 1. The van der Waals surface area contributed by atoms with Gasteiger partial charge in [0.2, 0.25) is 0 Å². The van der Waals surface area contributed by atoms with Crippen molar-refractivity contribution in [1.82, 2.24) is 15.0 Å². The largest absolute Gasteiger partial charge is 0.341 e. The molecule has 1 aromatic carbocycles. The topological polar surface area (TPSA) is 67.6 Å². The summed E-state index contributed by atoms with van der Waals surface area (Å²) >= 11 is 5.95. The van der Waals surface area contributed by atoms with E-state index in [0.717, 1.165) is 28.8 Å². The molecular weight excluding hydrogens is 260 g/mol. The van der Waals surface area contributed by atoms with Gasteiger partial charge in [-0.2, -0.15) is 0 Å². The van der Waals surface area contributed by atoms with E-state index < -0.39 is 0 Å². The van der Waals surface area contributed by atoms with Crippen LogP contribution in [0.1, 0.15) is 17.4 Å². The van der Waals surface area contributed by atoms with Crippen LogP contribution in [0, 0.1) is 0 Å². The van der Waals surface area contributed by atoms with Crippen molar-refractivity contribution in [2.75, 3.05) is 0 Å². The summed E-state index contributed by atoms with van der Waals surface area (Å²) in [6, 6.07) is 9.30. The van der Waals surface area contributed by atoms with E-state index in [2.05, 4.69) is 15.0 Å². The first-order valence-electron chi connectivity index (χ1n) is 6.02. The number of hydrogen-bond donors (Lipinski definition) is 2. The molecule has 0 saturated heterocycles. The number of benzene rings is 1. The summed E-state index contributed by atoms with van der Waals surface area (Å²) in [6.45, 7) is 0. The number of nitrogens with two attached hydrogens (primary N) is 1. The number of nitrogens with one attached hydrogen (secondary N) is 1. The molecule has 0 aliphatic carbocycles. The monoisotopic (exact) mass is 272 g/mol. The summed E-state index contributed by atoms with van der Waals surface area (Å²) in [5.74, 6) is 0.772. The van der Waals surface area contributed by atoms with Crippen LogP contribution < -0.4 is 5.73 Å². The summed E-state index contributed by atoms with van der Waals surface area (Å²) in [6.07, 6.45) is 4.25. The first kappa shape index (κ1) is 12.1. The molecule has 0 spiro atoms. The fourth-order valence-corrected chi connectivity index (χ4v) is 2.22. The fraction of sp³-hybridized carbons (Fsp3) is 0.143. The Labute approximate surface area is 115 Å². The number of H-pyrrole nitrogens is 1. The van der Waals surface area contributed by atoms with Gasteiger partial charge in [-0.1, -0.05) is 11.6 Å². The number of halogens is 1. The second-order valence-electron chi connectivity index (χ2n) is 4.45. The molecule has 3 N–H and O–H groups in total. The van der Waals surface area contributed by atoms with Crippen molar-refractivity contribution >= 4 is 22.6 Å². The lowest BCUT2D eigenvalue weighted by Crippen LogP contribution is -2.14. The van der Waals surface area contributed by atoms with Gasteiger partial charge in [0.25, 0.3) is 0 Å². The molecule has 0 aliphatic heterocycles. The predicted molar refractivity (Wildman–Crippen MR) is 76.0 cm³/mol. The van der Waals surface area contributed by atoms with E-state index in [4.69, 9.17) is 17.3 Å². The zero-order chi connectivity index (χ0) is 13.2. The lowest BCUT2D eigenvalue weighted by molar-refractivity contribution is 0.680. The highest BCUT2D eigenvalue weighted by atomic mass is 35.5. The SMILES string of the molecule is NC(Cc1ccncc1)c1nc2ccc(Cl)cc2[nH]1. The minimum absolute atomic E-state index is 0.173. The summed E-state index contributed by atoms with van der Waals surface area (Å²) in [5.41, 5.74) is 9.11. The van der Waals surface area contributed by atoms with Gasteiger partial charge in [-0.25, -0.2) is 4.98 Å². The number of rotatable bonds is 3. The van der Waals surface area contributed by atoms with Crippen molar-refractivity contribution in [3.8, 4) is 0 Å². The quantitative estimate of drug-likeness (QED) is 0.770. The highest BCUT2D eigenvalue weighted by molar-refractivity contribution is 6.31. The third-order valence-electron chi connectivity index (χ3n) is 3.02. The molecule has 0 fully saturated rings. The Morgan fingerprint density at radius 3 is 2.79 bits per heavy atom.